The lowest BCUT2D eigenvalue weighted by Gasteiger charge is -2.32. The van der Waals surface area contributed by atoms with E-state index in [2.05, 4.69) is 15.4 Å². The second-order valence-electron chi connectivity index (χ2n) is 10.4. The van der Waals surface area contributed by atoms with Gasteiger partial charge in [-0.05, 0) is 68.4 Å². The molecule has 40 heavy (non-hydrogen) atoms. The highest BCUT2D eigenvalue weighted by atomic mass is 32.2. The lowest BCUT2D eigenvalue weighted by molar-refractivity contribution is -0.137. The molecule has 1 aliphatic rings. The number of carbonyl (C=O) groups excluding carboxylic acids is 1. The highest BCUT2D eigenvalue weighted by Crippen LogP contribution is 2.33. The van der Waals surface area contributed by atoms with Gasteiger partial charge in [0.1, 0.15) is 23.6 Å². The molecule has 4 rings (SSSR count). The number of ether oxygens (including phenoxy) is 1. The minimum absolute atomic E-state index is 0.0262. The Bertz CT molecular complexity index is 1400. The monoisotopic (exact) mass is 596 g/mol. The summed E-state index contributed by atoms with van der Waals surface area (Å²) in [6.45, 7) is 5.98. The summed E-state index contributed by atoms with van der Waals surface area (Å²) in [6.07, 6.45) is -1.09. The summed E-state index contributed by atoms with van der Waals surface area (Å²) in [5.74, 6) is -1.07. The molecule has 0 spiro atoms. The molecule has 3 aromatic rings. The summed E-state index contributed by atoms with van der Waals surface area (Å²) in [5.41, 5.74) is 1.96. The molecule has 1 fully saturated rings. The van der Waals surface area contributed by atoms with Crippen molar-refractivity contribution in [3.8, 4) is 5.75 Å². The van der Waals surface area contributed by atoms with E-state index in [1.54, 1.807) is 24.4 Å². The molecule has 2 N–H and O–H groups in total. The van der Waals surface area contributed by atoms with Gasteiger partial charge in [0.05, 0.1) is 10.5 Å². The molecule has 1 aliphatic heterocycles. The average Bonchev–Trinajstić information content (AvgIpc) is 3.42. The van der Waals surface area contributed by atoms with Crippen LogP contribution in [0, 0.1) is 0 Å². The number of piperidine rings is 1. The van der Waals surface area contributed by atoms with E-state index in [-0.39, 0.29) is 41.2 Å². The first-order valence-electron chi connectivity index (χ1n) is 12.7. The van der Waals surface area contributed by atoms with Crippen molar-refractivity contribution in [3.05, 3.63) is 77.9 Å². The Kier molecular flexibility index (Phi) is 8.73. The minimum atomic E-state index is -4.44. The predicted octanol–water partition coefficient (Wildman–Crippen LogP) is 4.68. The highest BCUT2D eigenvalue weighted by molar-refractivity contribution is 7.89. The SMILES string of the molecule is C[Si](C)(C)ONC(=O)C(c1ncc[nH]1)c1ccccc1S(=O)(=O)N1CCC(Oc2ccc(C(F)(F)F)cc2)CC1. The van der Waals surface area contributed by atoms with Gasteiger partial charge in [0.15, 0.2) is 0 Å². The Morgan fingerprint density at radius 3 is 2.33 bits per heavy atom. The molecule has 1 atom stereocenters. The Morgan fingerprint density at radius 1 is 1.10 bits per heavy atom. The van der Waals surface area contributed by atoms with Crippen LogP contribution in [-0.2, 0) is 25.5 Å². The predicted molar refractivity (Wildman–Crippen MR) is 143 cm³/mol. The van der Waals surface area contributed by atoms with Crippen LogP contribution >= 0.6 is 0 Å². The van der Waals surface area contributed by atoms with Crippen molar-refractivity contribution in [2.45, 2.75) is 55.6 Å². The van der Waals surface area contributed by atoms with E-state index in [0.717, 1.165) is 12.1 Å². The topological polar surface area (TPSA) is 114 Å². The number of amides is 1. The molecule has 9 nitrogen and oxygen atoms in total. The summed E-state index contributed by atoms with van der Waals surface area (Å²) in [7, 11) is -6.15. The molecular weight excluding hydrogens is 565 g/mol. The number of carbonyl (C=O) groups is 1. The Balaban J connectivity index is 1.51. The molecule has 1 unspecified atom stereocenters. The third-order valence-electron chi connectivity index (χ3n) is 6.25. The number of benzene rings is 2. The quantitative estimate of drug-likeness (QED) is 0.274. The zero-order chi connectivity index (χ0) is 29.1. The molecule has 14 heteroatoms. The molecule has 0 bridgehead atoms. The standard InChI is InChI=1S/C26H31F3N4O5SSi/c1-40(2,3)38-32-25(34)23(24-30-14-15-31-24)21-6-4-5-7-22(21)39(35,36)33-16-12-20(13-17-33)37-19-10-8-18(9-11-19)26(27,28)29/h4-11,14-15,20,23H,12-13,16-17H2,1-3H3,(H,30,31)(H,32,34). The molecule has 0 saturated carbocycles. The molecular formula is C26H31F3N4O5SSi. The van der Waals surface area contributed by atoms with Gasteiger partial charge in [0, 0.05) is 25.5 Å². The van der Waals surface area contributed by atoms with Crippen LogP contribution in [0.5, 0.6) is 5.75 Å². The number of aromatic amines is 1. The van der Waals surface area contributed by atoms with Crippen molar-refractivity contribution < 1.29 is 35.6 Å². The van der Waals surface area contributed by atoms with Crippen molar-refractivity contribution in [2.24, 2.45) is 0 Å². The fraction of sp³-hybridized carbons (Fsp3) is 0.385. The maximum absolute atomic E-state index is 13.8. The van der Waals surface area contributed by atoms with Crippen LogP contribution in [-0.4, -0.2) is 56.1 Å². The second kappa shape index (κ2) is 11.7. The van der Waals surface area contributed by atoms with Crippen molar-refractivity contribution in [3.63, 3.8) is 0 Å². The minimum Gasteiger partial charge on any atom is -0.490 e. The molecule has 216 valence electrons. The maximum Gasteiger partial charge on any atom is 0.416 e. The summed E-state index contributed by atoms with van der Waals surface area (Å²) in [6, 6.07) is 10.7. The van der Waals surface area contributed by atoms with E-state index in [9.17, 15) is 26.4 Å². The zero-order valence-electron chi connectivity index (χ0n) is 22.2. The molecule has 1 aromatic heterocycles. The van der Waals surface area contributed by atoms with Gasteiger partial charge in [-0.15, -0.1) is 0 Å². The lowest BCUT2D eigenvalue weighted by Crippen LogP contribution is -2.43. The van der Waals surface area contributed by atoms with Crippen LogP contribution in [0.1, 0.15) is 35.7 Å². The van der Waals surface area contributed by atoms with E-state index >= 15 is 0 Å². The number of halogens is 3. The Hall–Kier alpha value is -3.20. The average molecular weight is 597 g/mol. The first-order valence-corrected chi connectivity index (χ1v) is 17.5. The molecule has 2 aromatic carbocycles. The number of hydrogen-bond acceptors (Lipinski definition) is 6. The first-order chi connectivity index (χ1) is 18.8. The fourth-order valence-corrected chi connectivity index (χ4v) is 6.42. The number of alkyl halides is 3. The Morgan fingerprint density at radius 2 is 1.75 bits per heavy atom. The van der Waals surface area contributed by atoms with E-state index < -0.39 is 41.9 Å². The molecule has 1 amide bonds. The van der Waals surface area contributed by atoms with Gasteiger partial charge in [0.2, 0.25) is 18.3 Å². The Labute approximate surface area is 231 Å². The van der Waals surface area contributed by atoms with Crippen molar-refractivity contribution in [2.75, 3.05) is 13.1 Å². The van der Waals surface area contributed by atoms with Crippen molar-refractivity contribution in [1.82, 2.24) is 19.8 Å². The summed E-state index contributed by atoms with van der Waals surface area (Å²) in [4.78, 5) is 20.4. The van der Waals surface area contributed by atoms with Gasteiger partial charge < -0.3 is 14.2 Å². The molecule has 0 radical (unpaired) electrons. The first kappa shape index (κ1) is 29.8. The van der Waals surface area contributed by atoms with Crippen LogP contribution in [0.25, 0.3) is 0 Å². The smallest absolute Gasteiger partial charge is 0.416 e. The van der Waals surface area contributed by atoms with E-state index in [4.69, 9.17) is 9.26 Å². The van der Waals surface area contributed by atoms with E-state index in [1.807, 2.05) is 19.6 Å². The van der Waals surface area contributed by atoms with E-state index in [0.29, 0.717) is 12.8 Å². The number of sulfonamides is 1. The number of aromatic nitrogens is 2. The summed E-state index contributed by atoms with van der Waals surface area (Å²) < 4.78 is 78.8. The van der Waals surface area contributed by atoms with Crippen LogP contribution in [0.2, 0.25) is 19.6 Å². The molecule has 1 saturated heterocycles. The van der Waals surface area contributed by atoms with Gasteiger partial charge in [-0.3, -0.25) is 4.79 Å². The van der Waals surface area contributed by atoms with Crippen LogP contribution in [0.15, 0.2) is 65.8 Å². The van der Waals surface area contributed by atoms with Crippen LogP contribution < -0.4 is 10.2 Å². The van der Waals surface area contributed by atoms with Gasteiger partial charge in [0.25, 0.3) is 5.91 Å². The number of hydroxylamine groups is 1. The number of hydrogen-bond donors (Lipinski definition) is 2. The number of nitrogens with zero attached hydrogens (tertiary/aromatic N) is 2. The zero-order valence-corrected chi connectivity index (χ0v) is 24.1. The third-order valence-corrected chi connectivity index (χ3v) is 8.93. The largest absolute Gasteiger partial charge is 0.490 e. The van der Waals surface area contributed by atoms with Gasteiger partial charge in [-0.2, -0.15) is 17.5 Å². The summed E-state index contributed by atoms with van der Waals surface area (Å²) in [5, 5.41) is 0. The van der Waals surface area contributed by atoms with Gasteiger partial charge >= 0.3 is 6.18 Å². The molecule has 2 heterocycles. The maximum atomic E-state index is 13.8. The second-order valence-corrected chi connectivity index (χ2v) is 16.7. The van der Waals surface area contributed by atoms with Crippen molar-refractivity contribution in [1.29, 1.82) is 0 Å². The normalized spacial score (nSPS) is 16.4. The van der Waals surface area contributed by atoms with Gasteiger partial charge in [-0.1, -0.05) is 18.2 Å². The van der Waals surface area contributed by atoms with Crippen LogP contribution in [0.3, 0.4) is 0 Å². The number of H-pyrrole nitrogens is 1. The van der Waals surface area contributed by atoms with Gasteiger partial charge in [-0.25, -0.2) is 18.9 Å². The number of imidazole rings is 1. The lowest BCUT2D eigenvalue weighted by atomic mass is 9.97. The van der Waals surface area contributed by atoms with E-state index in [1.165, 1.54) is 28.7 Å². The number of nitrogens with one attached hydrogen (secondary N) is 2. The van der Waals surface area contributed by atoms with Crippen molar-refractivity contribution >= 4 is 24.2 Å². The number of rotatable bonds is 9. The fourth-order valence-electron chi connectivity index (χ4n) is 4.31. The van der Waals surface area contributed by atoms with Crippen LogP contribution in [0.4, 0.5) is 13.2 Å². The third kappa shape index (κ3) is 7.10. The molecule has 0 aliphatic carbocycles. The summed E-state index contributed by atoms with van der Waals surface area (Å²) >= 11 is 0. The highest BCUT2D eigenvalue weighted by Gasteiger charge is 2.36.